The Morgan fingerprint density at radius 1 is 1.30 bits per heavy atom. The average molecular weight is 312 g/mol. The number of aromatic nitrogens is 2. The predicted molar refractivity (Wildman–Crippen MR) is 85.4 cm³/mol. The predicted octanol–water partition coefficient (Wildman–Crippen LogP) is 1.62. The number of carbonyl (C=O) groups excluding carboxylic acids is 1. The standard InChI is InChI=1S/C17H20N4O2/c18-11-6-17(7-11)8-13(9-17)23-15-5-12(21-4-3-20-10-21)1-2-14(15)16(19)22/h1-5,10-11,13H,6-9,18H2,(H2,19,22). The molecule has 2 aliphatic rings. The van der Waals surface area contributed by atoms with E-state index in [0.29, 0.717) is 22.8 Å². The summed E-state index contributed by atoms with van der Waals surface area (Å²) >= 11 is 0. The van der Waals surface area contributed by atoms with Crippen LogP contribution in [0.5, 0.6) is 5.75 Å². The van der Waals surface area contributed by atoms with Crippen LogP contribution >= 0.6 is 0 Å². The molecule has 4 N–H and O–H groups in total. The number of nitrogens with zero attached hydrogens (tertiary/aromatic N) is 2. The molecule has 0 atom stereocenters. The summed E-state index contributed by atoms with van der Waals surface area (Å²) in [6.07, 6.45) is 9.59. The summed E-state index contributed by atoms with van der Waals surface area (Å²) in [5.41, 5.74) is 13.1. The minimum atomic E-state index is -0.475. The van der Waals surface area contributed by atoms with E-state index in [4.69, 9.17) is 16.2 Å². The molecule has 1 aromatic heterocycles. The van der Waals surface area contributed by atoms with Crippen molar-refractivity contribution in [3.8, 4) is 11.4 Å². The second-order valence-electron chi connectivity index (χ2n) is 6.83. The fourth-order valence-electron chi connectivity index (χ4n) is 3.94. The molecule has 1 amide bonds. The van der Waals surface area contributed by atoms with Crippen LogP contribution in [-0.4, -0.2) is 27.6 Å². The Balaban J connectivity index is 1.54. The Hall–Kier alpha value is -2.34. The van der Waals surface area contributed by atoms with Crippen LogP contribution in [0.4, 0.5) is 0 Å². The fraction of sp³-hybridized carbons (Fsp3) is 0.412. The van der Waals surface area contributed by atoms with E-state index in [0.717, 1.165) is 31.4 Å². The molecule has 2 aromatic rings. The first kappa shape index (κ1) is 14.3. The van der Waals surface area contributed by atoms with Crippen LogP contribution in [0, 0.1) is 5.41 Å². The van der Waals surface area contributed by atoms with E-state index in [1.165, 1.54) is 0 Å². The van der Waals surface area contributed by atoms with E-state index in [1.54, 1.807) is 18.6 Å². The molecular formula is C17H20N4O2. The summed E-state index contributed by atoms with van der Waals surface area (Å²) in [6, 6.07) is 5.74. The van der Waals surface area contributed by atoms with Gasteiger partial charge in [0.2, 0.25) is 0 Å². The van der Waals surface area contributed by atoms with E-state index in [1.807, 2.05) is 22.9 Å². The van der Waals surface area contributed by atoms with Gasteiger partial charge in [-0.3, -0.25) is 4.79 Å². The van der Waals surface area contributed by atoms with E-state index in [-0.39, 0.29) is 6.10 Å². The highest BCUT2D eigenvalue weighted by atomic mass is 16.5. The van der Waals surface area contributed by atoms with E-state index in [9.17, 15) is 4.79 Å². The number of ether oxygens (including phenoxy) is 1. The summed E-state index contributed by atoms with van der Waals surface area (Å²) in [7, 11) is 0. The number of rotatable bonds is 4. The Bertz CT molecular complexity index is 727. The molecule has 2 aliphatic carbocycles. The maximum atomic E-state index is 11.7. The smallest absolute Gasteiger partial charge is 0.252 e. The van der Waals surface area contributed by atoms with Gasteiger partial charge in [0.15, 0.2) is 0 Å². The summed E-state index contributed by atoms with van der Waals surface area (Å²) in [5.74, 6) is 0.0732. The summed E-state index contributed by atoms with van der Waals surface area (Å²) in [5, 5.41) is 0. The van der Waals surface area contributed by atoms with Crippen molar-refractivity contribution in [1.29, 1.82) is 0 Å². The van der Waals surface area contributed by atoms with E-state index in [2.05, 4.69) is 4.98 Å². The molecule has 6 heteroatoms. The topological polar surface area (TPSA) is 96.2 Å². The third kappa shape index (κ3) is 2.49. The molecular weight excluding hydrogens is 292 g/mol. The minimum absolute atomic E-state index is 0.138. The molecule has 1 spiro atoms. The second-order valence-corrected chi connectivity index (χ2v) is 6.83. The van der Waals surface area contributed by atoms with Gasteiger partial charge >= 0.3 is 0 Å². The molecule has 2 fully saturated rings. The molecule has 0 bridgehead atoms. The lowest BCUT2D eigenvalue weighted by atomic mass is 9.53. The highest BCUT2D eigenvalue weighted by Gasteiger charge is 2.52. The van der Waals surface area contributed by atoms with Gasteiger partial charge in [-0.1, -0.05) is 0 Å². The van der Waals surface area contributed by atoms with Gasteiger partial charge in [0, 0.05) is 24.5 Å². The largest absolute Gasteiger partial charge is 0.489 e. The number of nitrogens with two attached hydrogens (primary N) is 2. The maximum absolute atomic E-state index is 11.7. The summed E-state index contributed by atoms with van der Waals surface area (Å²) in [6.45, 7) is 0. The number of hydrogen-bond donors (Lipinski definition) is 2. The lowest BCUT2D eigenvalue weighted by molar-refractivity contribution is -0.0782. The van der Waals surface area contributed by atoms with Gasteiger partial charge in [-0.25, -0.2) is 4.98 Å². The first-order chi connectivity index (χ1) is 11.0. The zero-order chi connectivity index (χ0) is 16.0. The first-order valence-electron chi connectivity index (χ1n) is 7.89. The van der Waals surface area contributed by atoms with Gasteiger partial charge < -0.3 is 20.8 Å². The van der Waals surface area contributed by atoms with Crippen molar-refractivity contribution in [3.05, 3.63) is 42.5 Å². The van der Waals surface area contributed by atoms with Crippen LogP contribution in [0.3, 0.4) is 0 Å². The normalized spacial score (nSPS) is 28.9. The molecule has 0 radical (unpaired) electrons. The zero-order valence-corrected chi connectivity index (χ0v) is 12.8. The van der Waals surface area contributed by atoms with Crippen LogP contribution in [0.25, 0.3) is 5.69 Å². The number of amides is 1. The van der Waals surface area contributed by atoms with Crippen LogP contribution in [0.2, 0.25) is 0 Å². The van der Waals surface area contributed by atoms with E-state index < -0.39 is 5.91 Å². The van der Waals surface area contributed by atoms with Crippen LogP contribution in [0.1, 0.15) is 36.0 Å². The van der Waals surface area contributed by atoms with Crippen LogP contribution in [-0.2, 0) is 0 Å². The van der Waals surface area contributed by atoms with Crippen molar-refractivity contribution in [1.82, 2.24) is 9.55 Å². The van der Waals surface area contributed by atoms with Crippen molar-refractivity contribution in [2.75, 3.05) is 0 Å². The first-order valence-corrected chi connectivity index (χ1v) is 7.89. The Labute approximate surface area is 134 Å². The van der Waals surface area contributed by atoms with Gasteiger partial charge in [0.05, 0.1) is 23.7 Å². The summed E-state index contributed by atoms with van der Waals surface area (Å²) < 4.78 is 7.94. The molecule has 0 unspecified atom stereocenters. The third-order valence-electron chi connectivity index (χ3n) is 5.04. The number of imidazole rings is 1. The number of carbonyl (C=O) groups is 1. The van der Waals surface area contributed by atoms with Crippen LogP contribution in [0.15, 0.2) is 36.9 Å². The lowest BCUT2D eigenvalue weighted by Crippen LogP contribution is -2.56. The van der Waals surface area contributed by atoms with Crippen molar-refractivity contribution in [3.63, 3.8) is 0 Å². The molecule has 120 valence electrons. The van der Waals surface area contributed by atoms with Gasteiger partial charge in [-0.15, -0.1) is 0 Å². The second kappa shape index (κ2) is 5.09. The number of primary amides is 1. The molecule has 0 saturated heterocycles. The zero-order valence-electron chi connectivity index (χ0n) is 12.8. The average Bonchev–Trinajstić information content (AvgIpc) is 2.97. The molecule has 23 heavy (non-hydrogen) atoms. The van der Waals surface area contributed by atoms with Crippen molar-refractivity contribution in [2.24, 2.45) is 16.9 Å². The van der Waals surface area contributed by atoms with Gasteiger partial charge in [0.25, 0.3) is 5.91 Å². The summed E-state index contributed by atoms with van der Waals surface area (Å²) in [4.78, 5) is 15.7. The quantitative estimate of drug-likeness (QED) is 0.896. The van der Waals surface area contributed by atoms with Crippen molar-refractivity contribution >= 4 is 5.91 Å². The highest BCUT2D eigenvalue weighted by Crippen LogP contribution is 2.56. The van der Waals surface area contributed by atoms with Crippen molar-refractivity contribution in [2.45, 2.75) is 37.8 Å². The molecule has 6 nitrogen and oxygen atoms in total. The van der Waals surface area contributed by atoms with E-state index >= 15 is 0 Å². The SMILES string of the molecule is NC(=O)c1ccc(-n2ccnc2)cc1OC1CC2(CC(N)C2)C1. The highest BCUT2D eigenvalue weighted by molar-refractivity contribution is 5.96. The Kier molecular flexibility index (Phi) is 3.16. The number of benzene rings is 1. The molecule has 2 saturated carbocycles. The minimum Gasteiger partial charge on any atom is -0.489 e. The maximum Gasteiger partial charge on any atom is 0.252 e. The molecule has 4 rings (SSSR count). The van der Waals surface area contributed by atoms with Gasteiger partial charge in [-0.2, -0.15) is 0 Å². The Morgan fingerprint density at radius 2 is 2.09 bits per heavy atom. The third-order valence-corrected chi connectivity index (χ3v) is 5.04. The van der Waals surface area contributed by atoms with Gasteiger partial charge in [-0.05, 0) is 43.2 Å². The van der Waals surface area contributed by atoms with Crippen LogP contribution < -0.4 is 16.2 Å². The molecule has 1 heterocycles. The Morgan fingerprint density at radius 3 is 2.70 bits per heavy atom. The lowest BCUT2D eigenvalue weighted by Gasteiger charge is -2.56. The van der Waals surface area contributed by atoms with Gasteiger partial charge in [0.1, 0.15) is 5.75 Å². The molecule has 0 aliphatic heterocycles. The molecule has 1 aromatic carbocycles. The number of hydrogen-bond acceptors (Lipinski definition) is 4. The fourth-order valence-corrected chi connectivity index (χ4v) is 3.94. The monoisotopic (exact) mass is 312 g/mol. The van der Waals surface area contributed by atoms with Crippen molar-refractivity contribution < 1.29 is 9.53 Å².